The summed E-state index contributed by atoms with van der Waals surface area (Å²) in [5.74, 6) is -4.02. The summed E-state index contributed by atoms with van der Waals surface area (Å²) in [7, 11) is 1.50. The number of carbonyl (C=O) groups excluding carboxylic acids is 2. The van der Waals surface area contributed by atoms with Gasteiger partial charge in [-0.25, -0.2) is 8.78 Å². The lowest BCUT2D eigenvalue weighted by atomic mass is 10.2. The van der Waals surface area contributed by atoms with Crippen molar-refractivity contribution in [1.29, 1.82) is 0 Å². The van der Waals surface area contributed by atoms with Crippen LogP contribution in [0.5, 0.6) is 0 Å². The maximum Gasteiger partial charge on any atom is 0.313 e. The third kappa shape index (κ3) is 4.57. The molecule has 2 aromatic rings. The molecule has 122 valence electrons. The summed E-state index contributed by atoms with van der Waals surface area (Å²) in [5, 5.41) is 8.37. The predicted octanol–water partition coefficient (Wildman–Crippen LogP) is 2.47. The lowest BCUT2D eigenvalue weighted by Crippen LogP contribution is -2.37. The third-order valence-electron chi connectivity index (χ3n) is 3.03. The van der Waals surface area contributed by atoms with Gasteiger partial charge >= 0.3 is 11.8 Å². The fourth-order valence-corrected chi connectivity index (χ4v) is 2.52. The van der Waals surface area contributed by atoms with Crippen LogP contribution in [0.3, 0.4) is 0 Å². The molecule has 1 heterocycles. The van der Waals surface area contributed by atoms with Crippen molar-refractivity contribution >= 4 is 28.8 Å². The van der Waals surface area contributed by atoms with Crippen molar-refractivity contribution in [2.75, 3.05) is 19.0 Å². The van der Waals surface area contributed by atoms with Crippen molar-refractivity contribution in [3.05, 3.63) is 52.2 Å². The summed E-state index contributed by atoms with van der Waals surface area (Å²) in [6, 6.07) is 4.67. The summed E-state index contributed by atoms with van der Waals surface area (Å²) in [6.07, 6.45) is -0.374. The van der Waals surface area contributed by atoms with Gasteiger partial charge in [-0.05, 0) is 34.5 Å². The number of methoxy groups -OCH3 is 1. The first-order valence-corrected chi connectivity index (χ1v) is 7.54. The zero-order chi connectivity index (χ0) is 16.8. The minimum Gasteiger partial charge on any atom is -0.375 e. The topological polar surface area (TPSA) is 67.4 Å². The lowest BCUT2D eigenvalue weighted by Gasteiger charge is -2.14. The van der Waals surface area contributed by atoms with Crippen molar-refractivity contribution < 1.29 is 23.1 Å². The molecule has 2 amide bonds. The van der Waals surface area contributed by atoms with Crippen LogP contribution in [0.1, 0.15) is 11.7 Å². The van der Waals surface area contributed by atoms with E-state index in [4.69, 9.17) is 4.74 Å². The highest BCUT2D eigenvalue weighted by atomic mass is 32.1. The standard InChI is InChI=1S/C15H14F2N2O3S/c1-22-13(9-4-5-23-8-9)7-18-14(20)15(21)19-10-2-3-11(16)12(17)6-10/h2-6,8,13H,7H2,1H3,(H,18,20)(H,19,21)/t13-/m0/s1. The molecule has 0 unspecified atom stereocenters. The molecule has 2 rings (SSSR count). The van der Waals surface area contributed by atoms with Crippen LogP contribution >= 0.6 is 11.3 Å². The van der Waals surface area contributed by atoms with E-state index in [0.29, 0.717) is 0 Å². The second-order valence-electron chi connectivity index (χ2n) is 4.57. The summed E-state index contributed by atoms with van der Waals surface area (Å²) >= 11 is 1.49. The van der Waals surface area contributed by atoms with Gasteiger partial charge in [0, 0.05) is 25.4 Å². The van der Waals surface area contributed by atoms with Crippen molar-refractivity contribution in [1.82, 2.24) is 5.32 Å². The van der Waals surface area contributed by atoms with E-state index in [0.717, 1.165) is 23.8 Å². The Kier molecular flexibility index (Phi) is 5.78. The number of anilines is 1. The van der Waals surface area contributed by atoms with Crippen molar-refractivity contribution in [3.63, 3.8) is 0 Å². The van der Waals surface area contributed by atoms with Gasteiger partial charge in [-0.15, -0.1) is 0 Å². The Morgan fingerprint density at radius 1 is 1.22 bits per heavy atom. The molecule has 0 spiro atoms. The average molecular weight is 340 g/mol. The first kappa shape index (κ1) is 17.0. The second-order valence-corrected chi connectivity index (χ2v) is 5.35. The number of nitrogens with one attached hydrogen (secondary N) is 2. The molecule has 2 N–H and O–H groups in total. The van der Waals surface area contributed by atoms with Gasteiger partial charge in [0.15, 0.2) is 11.6 Å². The van der Waals surface area contributed by atoms with Gasteiger partial charge in [-0.3, -0.25) is 9.59 Å². The van der Waals surface area contributed by atoms with E-state index in [1.807, 2.05) is 16.8 Å². The zero-order valence-corrected chi connectivity index (χ0v) is 13.0. The van der Waals surface area contributed by atoms with Crippen LogP contribution in [-0.4, -0.2) is 25.5 Å². The largest absolute Gasteiger partial charge is 0.375 e. The number of hydrogen-bond donors (Lipinski definition) is 2. The summed E-state index contributed by atoms with van der Waals surface area (Å²) in [4.78, 5) is 23.5. The van der Waals surface area contributed by atoms with Gasteiger partial charge in [-0.1, -0.05) is 0 Å². The molecular formula is C15H14F2N2O3S. The number of amides is 2. The van der Waals surface area contributed by atoms with E-state index in [1.165, 1.54) is 18.4 Å². The van der Waals surface area contributed by atoms with Crippen molar-refractivity contribution in [2.24, 2.45) is 0 Å². The number of ether oxygens (including phenoxy) is 1. The van der Waals surface area contributed by atoms with Gasteiger partial charge in [0.25, 0.3) is 0 Å². The number of rotatable bonds is 5. The van der Waals surface area contributed by atoms with E-state index < -0.39 is 23.4 Å². The van der Waals surface area contributed by atoms with E-state index in [1.54, 1.807) is 0 Å². The molecule has 0 aliphatic rings. The van der Waals surface area contributed by atoms with Crippen LogP contribution in [0.25, 0.3) is 0 Å². The van der Waals surface area contributed by atoms with Gasteiger partial charge in [-0.2, -0.15) is 11.3 Å². The molecule has 1 atom stereocenters. The highest BCUT2D eigenvalue weighted by molar-refractivity contribution is 7.07. The number of halogens is 2. The predicted molar refractivity (Wildman–Crippen MR) is 82.1 cm³/mol. The number of benzene rings is 1. The molecule has 0 saturated carbocycles. The fourth-order valence-electron chi connectivity index (χ4n) is 1.82. The van der Waals surface area contributed by atoms with Crippen molar-refractivity contribution in [2.45, 2.75) is 6.10 Å². The Balaban J connectivity index is 1.89. The summed E-state index contributed by atoms with van der Waals surface area (Å²) < 4.78 is 31.1. The molecule has 0 saturated heterocycles. The molecule has 23 heavy (non-hydrogen) atoms. The third-order valence-corrected chi connectivity index (χ3v) is 3.73. The molecule has 5 nitrogen and oxygen atoms in total. The molecule has 0 aliphatic carbocycles. The van der Waals surface area contributed by atoms with Crippen LogP contribution in [-0.2, 0) is 14.3 Å². The zero-order valence-electron chi connectivity index (χ0n) is 12.1. The van der Waals surface area contributed by atoms with Crippen LogP contribution in [0.15, 0.2) is 35.0 Å². The quantitative estimate of drug-likeness (QED) is 0.822. The Labute approximate surface area is 135 Å². The molecule has 1 aromatic carbocycles. The van der Waals surface area contributed by atoms with E-state index in [9.17, 15) is 18.4 Å². The molecule has 1 aromatic heterocycles. The average Bonchev–Trinajstić information content (AvgIpc) is 3.05. The fraction of sp³-hybridized carbons (Fsp3) is 0.200. The molecule has 0 radical (unpaired) electrons. The number of carbonyl (C=O) groups is 2. The minimum atomic E-state index is -1.11. The minimum absolute atomic E-state index is 0.00910. The smallest absolute Gasteiger partial charge is 0.313 e. The Morgan fingerprint density at radius 3 is 2.61 bits per heavy atom. The highest BCUT2D eigenvalue weighted by Crippen LogP contribution is 2.18. The Bertz CT molecular complexity index is 692. The Morgan fingerprint density at radius 2 is 2.00 bits per heavy atom. The van der Waals surface area contributed by atoms with Gasteiger partial charge in [0.05, 0.1) is 0 Å². The normalized spacial score (nSPS) is 11.8. The SMILES string of the molecule is CO[C@@H](CNC(=O)C(=O)Nc1ccc(F)c(F)c1)c1ccsc1. The maximum absolute atomic E-state index is 13.0. The van der Waals surface area contributed by atoms with Crippen molar-refractivity contribution in [3.8, 4) is 0 Å². The molecule has 0 bridgehead atoms. The lowest BCUT2D eigenvalue weighted by molar-refractivity contribution is -0.136. The molecule has 0 fully saturated rings. The van der Waals surface area contributed by atoms with Crippen LogP contribution in [0.4, 0.5) is 14.5 Å². The molecule has 0 aliphatic heterocycles. The van der Waals surface area contributed by atoms with E-state index >= 15 is 0 Å². The monoisotopic (exact) mass is 340 g/mol. The highest BCUT2D eigenvalue weighted by Gasteiger charge is 2.18. The summed E-state index contributed by atoms with van der Waals surface area (Å²) in [5.41, 5.74) is 0.879. The first-order chi connectivity index (χ1) is 11.0. The second kappa shape index (κ2) is 7.80. The maximum atomic E-state index is 13.0. The van der Waals surface area contributed by atoms with Gasteiger partial charge in [0.2, 0.25) is 0 Å². The van der Waals surface area contributed by atoms with E-state index in [-0.39, 0.29) is 18.3 Å². The van der Waals surface area contributed by atoms with Crippen LogP contribution in [0.2, 0.25) is 0 Å². The van der Waals surface area contributed by atoms with Crippen LogP contribution < -0.4 is 10.6 Å². The number of hydrogen-bond acceptors (Lipinski definition) is 4. The van der Waals surface area contributed by atoms with E-state index in [2.05, 4.69) is 10.6 Å². The van der Waals surface area contributed by atoms with Gasteiger partial charge < -0.3 is 15.4 Å². The van der Waals surface area contributed by atoms with Crippen LogP contribution in [0, 0.1) is 11.6 Å². The molecule has 8 heteroatoms. The Hall–Kier alpha value is -2.32. The summed E-state index contributed by atoms with van der Waals surface area (Å²) in [6.45, 7) is 0.108. The first-order valence-electron chi connectivity index (χ1n) is 6.60. The number of thiophene rings is 1. The molecular weight excluding hydrogens is 326 g/mol. The van der Waals surface area contributed by atoms with Gasteiger partial charge in [0.1, 0.15) is 6.10 Å².